The lowest BCUT2D eigenvalue weighted by Gasteiger charge is -2.11. The van der Waals surface area contributed by atoms with Crippen LogP contribution in [-0.2, 0) is 0 Å². The number of anilines is 2. The highest BCUT2D eigenvalue weighted by Crippen LogP contribution is 2.19. The van der Waals surface area contributed by atoms with Gasteiger partial charge in [-0.05, 0) is 31.2 Å². The maximum absolute atomic E-state index is 12.3. The van der Waals surface area contributed by atoms with Gasteiger partial charge in [-0.3, -0.25) is 4.79 Å². The van der Waals surface area contributed by atoms with Crippen molar-refractivity contribution in [2.45, 2.75) is 6.92 Å². The molecule has 0 aliphatic carbocycles. The first-order valence-electron chi connectivity index (χ1n) is 6.39. The Morgan fingerprint density at radius 2 is 1.75 bits per heavy atom. The summed E-state index contributed by atoms with van der Waals surface area (Å²) in [6, 6.07) is 16.3. The molecular formula is C16H15N3O. The third-order valence-electron chi connectivity index (χ3n) is 2.83. The van der Waals surface area contributed by atoms with E-state index >= 15 is 0 Å². The topological polar surface area (TPSA) is 64.9 Å². The van der Waals surface area contributed by atoms with Gasteiger partial charge in [-0.25, -0.2) is 0 Å². The zero-order valence-electron chi connectivity index (χ0n) is 11.2. The quantitative estimate of drug-likeness (QED) is 0.891. The van der Waals surface area contributed by atoms with Crippen molar-refractivity contribution in [3.05, 3.63) is 59.7 Å². The Morgan fingerprint density at radius 3 is 2.45 bits per heavy atom. The summed E-state index contributed by atoms with van der Waals surface area (Å²) in [6.07, 6.45) is 0. The van der Waals surface area contributed by atoms with E-state index in [9.17, 15) is 4.79 Å². The molecule has 0 aliphatic heterocycles. The number of carbonyl (C=O) groups excluding carboxylic acids is 1. The Labute approximate surface area is 118 Å². The number of rotatable bonds is 4. The molecule has 0 saturated carbocycles. The molecule has 1 amide bonds. The van der Waals surface area contributed by atoms with Crippen LogP contribution in [0, 0.1) is 11.3 Å². The van der Waals surface area contributed by atoms with Gasteiger partial charge in [-0.1, -0.05) is 24.3 Å². The largest absolute Gasteiger partial charge is 0.385 e. The molecule has 4 heteroatoms. The highest BCUT2D eigenvalue weighted by molar-refractivity contribution is 6.08. The minimum Gasteiger partial charge on any atom is -0.385 e. The van der Waals surface area contributed by atoms with Crippen LogP contribution < -0.4 is 10.6 Å². The summed E-state index contributed by atoms with van der Waals surface area (Å²) in [7, 11) is 0. The van der Waals surface area contributed by atoms with Gasteiger partial charge in [0.15, 0.2) is 0 Å². The van der Waals surface area contributed by atoms with Gasteiger partial charge in [0.05, 0.1) is 16.8 Å². The summed E-state index contributed by atoms with van der Waals surface area (Å²) < 4.78 is 0. The van der Waals surface area contributed by atoms with Crippen molar-refractivity contribution in [2.75, 3.05) is 17.2 Å². The maximum Gasteiger partial charge on any atom is 0.257 e. The fraction of sp³-hybridized carbons (Fsp3) is 0.125. The molecule has 20 heavy (non-hydrogen) atoms. The maximum atomic E-state index is 12.3. The number of hydrogen-bond donors (Lipinski definition) is 2. The molecule has 100 valence electrons. The van der Waals surface area contributed by atoms with E-state index in [-0.39, 0.29) is 5.91 Å². The average molecular weight is 265 g/mol. The molecule has 0 aliphatic rings. The Kier molecular flexibility index (Phi) is 4.35. The first kappa shape index (κ1) is 13.6. The van der Waals surface area contributed by atoms with Crippen molar-refractivity contribution in [3.63, 3.8) is 0 Å². The van der Waals surface area contributed by atoms with Gasteiger partial charge in [0.1, 0.15) is 6.07 Å². The fourth-order valence-electron chi connectivity index (χ4n) is 1.90. The van der Waals surface area contributed by atoms with Gasteiger partial charge in [0.2, 0.25) is 0 Å². The molecule has 4 nitrogen and oxygen atoms in total. The smallest absolute Gasteiger partial charge is 0.257 e. The van der Waals surface area contributed by atoms with E-state index in [1.807, 2.05) is 25.1 Å². The number of hydrogen-bond acceptors (Lipinski definition) is 3. The molecule has 0 atom stereocenters. The number of benzene rings is 2. The van der Waals surface area contributed by atoms with Gasteiger partial charge in [0, 0.05) is 12.2 Å². The molecule has 0 saturated heterocycles. The highest BCUT2D eigenvalue weighted by Gasteiger charge is 2.12. The molecule has 0 heterocycles. The molecule has 0 bridgehead atoms. The zero-order valence-corrected chi connectivity index (χ0v) is 11.2. The number of carbonyl (C=O) groups is 1. The molecule has 2 rings (SSSR count). The van der Waals surface area contributed by atoms with Crippen molar-refractivity contribution in [2.24, 2.45) is 0 Å². The van der Waals surface area contributed by atoms with E-state index in [4.69, 9.17) is 5.26 Å². The molecule has 2 aromatic carbocycles. The van der Waals surface area contributed by atoms with Crippen molar-refractivity contribution in [1.82, 2.24) is 0 Å². The highest BCUT2D eigenvalue weighted by atomic mass is 16.1. The lowest BCUT2D eigenvalue weighted by atomic mass is 10.1. The van der Waals surface area contributed by atoms with Crippen molar-refractivity contribution in [1.29, 1.82) is 5.26 Å². The van der Waals surface area contributed by atoms with Crippen molar-refractivity contribution >= 4 is 17.3 Å². The zero-order chi connectivity index (χ0) is 14.4. The van der Waals surface area contributed by atoms with Crippen LogP contribution in [0.2, 0.25) is 0 Å². The van der Waals surface area contributed by atoms with E-state index < -0.39 is 0 Å². The van der Waals surface area contributed by atoms with Gasteiger partial charge in [-0.2, -0.15) is 5.26 Å². The van der Waals surface area contributed by atoms with Crippen LogP contribution in [0.1, 0.15) is 22.8 Å². The van der Waals surface area contributed by atoms with Crippen molar-refractivity contribution in [3.8, 4) is 6.07 Å². The first-order chi connectivity index (χ1) is 9.76. The lowest BCUT2D eigenvalue weighted by Crippen LogP contribution is -2.15. The van der Waals surface area contributed by atoms with Crippen LogP contribution >= 0.6 is 0 Å². The molecule has 2 N–H and O–H groups in total. The Hall–Kier alpha value is -2.80. The predicted molar refractivity (Wildman–Crippen MR) is 79.7 cm³/mol. The summed E-state index contributed by atoms with van der Waals surface area (Å²) in [4.78, 5) is 12.3. The van der Waals surface area contributed by atoms with E-state index in [1.165, 1.54) is 0 Å². The number of nitrogens with one attached hydrogen (secondary N) is 2. The molecule has 0 spiro atoms. The molecule has 0 fully saturated rings. The van der Waals surface area contributed by atoms with Gasteiger partial charge in [-0.15, -0.1) is 0 Å². The van der Waals surface area contributed by atoms with Gasteiger partial charge in [0.25, 0.3) is 5.91 Å². The summed E-state index contributed by atoms with van der Waals surface area (Å²) in [6.45, 7) is 2.71. The van der Waals surface area contributed by atoms with Crippen LogP contribution in [-0.4, -0.2) is 12.5 Å². The Morgan fingerprint density at radius 1 is 1.10 bits per heavy atom. The SMILES string of the molecule is CCNc1ccccc1C(=O)Nc1ccccc1C#N. The minimum absolute atomic E-state index is 0.232. The molecule has 2 aromatic rings. The predicted octanol–water partition coefficient (Wildman–Crippen LogP) is 3.24. The van der Waals surface area contributed by atoms with Crippen LogP contribution in [0.3, 0.4) is 0 Å². The third-order valence-corrected chi connectivity index (χ3v) is 2.83. The van der Waals surface area contributed by atoms with Crippen molar-refractivity contribution < 1.29 is 4.79 Å². The van der Waals surface area contributed by atoms with Crippen LogP contribution in [0.25, 0.3) is 0 Å². The normalized spacial score (nSPS) is 9.60. The standard InChI is InChI=1S/C16H15N3O/c1-2-18-15-10-6-4-8-13(15)16(20)19-14-9-5-3-7-12(14)11-17/h3-10,18H,2H2,1H3,(H,19,20). The fourth-order valence-corrected chi connectivity index (χ4v) is 1.90. The molecule has 0 radical (unpaired) electrons. The monoisotopic (exact) mass is 265 g/mol. The Balaban J connectivity index is 2.27. The van der Waals surface area contributed by atoms with Gasteiger partial charge < -0.3 is 10.6 Å². The number of nitrogens with zero attached hydrogens (tertiary/aromatic N) is 1. The summed E-state index contributed by atoms with van der Waals surface area (Å²) in [5, 5.41) is 14.9. The minimum atomic E-state index is -0.232. The second-order valence-electron chi connectivity index (χ2n) is 4.19. The first-order valence-corrected chi connectivity index (χ1v) is 6.39. The van der Waals surface area contributed by atoms with Crippen LogP contribution in [0.4, 0.5) is 11.4 Å². The molecular weight excluding hydrogens is 250 g/mol. The van der Waals surface area contributed by atoms with E-state index in [1.54, 1.807) is 30.3 Å². The summed E-state index contributed by atoms with van der Waals surface area (Å²) in [5.41, 5.74) is 2.30. The lowest BCUT2D eigenvalue weighted by molar-refractivity contribution is 0.102. The van der Waals surface area contributed by atoms with Crippen LogP contribution in [0.5, 0.6) is 0 Å². The van der Waals surface area contributed by atoms with E-state index in [0.29, 0.717) is 16.8 Å². The average Bonchev–Trinajstić information content (AvgIpc) is 2.48. The van der Waals surface area contributed by atoms with Gasteiger partial charge >= 0.3 is 0 Å². The Bertz CT molecular complexity index is 659. The second kappa shape index (κ2) is 6.39. The molecule has 0 aromatic heterocycles. The number of nitriles is 1. The number of amides is 1. The number of para-hydroxylation sites is 2. The molecule has 0 unspecified atom stereocenters. The van der Waals surface area contributed by atoms with E-state index in [2.05, 4.69) is 16.7 Å². The summed E-state index contributed by atoms with van der Waals surface area (Å²) >= 11 is 0. The van der Waals surface area contributed by atoms with Crippen LogP contribution in [0.15, 0.2) is 48.5 Å². The van der Waals surface area contributed by atoms with E-state index in [0.717, 1.165) is 12.2 Å². The third kappa shape index (κ3) is 2.96. The summed E-state index contributed by atoms with van der Waals surface area (Å²) in [5.74, 6) is -0.232. The second-order valence-corrected chi connectivity index (χ2v) is 4.19.